The molecule has 0 aromatic heterocycles. The zero-order valence-electron chi connectivity index (χ0n) is 17.5. The summed E-state index contributed by atoms with van der Waals surface area (Å²) >= 11 is 0. The van der Waals surface area contributed by atoms with Gasteiger partial charge in [0.1, 0.15) is 17.5 Å². The van der Waals surface area contributed by atoms with Gasteiger partial charge in [0, 0.05) is 6.42 Å². The molecule has 2 aromatic rings. The first-order valence-electron chi connectivity index (χ1n) is 9.64. The summed E-state index contributed by atoms with van der Waals surface area (Å²) in [4.78, 5) is 37.6. The van der Waals surface area contributed by atoms with Crippen molar-refractivity contribution in [3.05, 3.63) is 54.1 Å². The Morgan fingerprint density at radius 3 is 2.48 bits per heavy atom. The number of anilines is 2. The number of hydrazone groups is 1. The topological polar surface area (TPSA) is 107 Å². The molecule has 31 heavy (non-hydrogen) atoms. The molecule has 0 bridgehead atoms. The summed E-state index contributed by atoms with van der Waals surface area (Å²) in [7, 11) is 2.72. The van der Waals surface area contributed by atoms with E-state index in [4.69, 9.17) is 14.2 Å². The molecule has 1 amide bonds. The summed E-state index contributed by atoms with van der Waals surface area (Å²) in [5.41, 5.74) is 1.19. The van der Waals surface area contributed by atoms with E-state index in [0.717, 1.165) is 0 Å². The van der Waals surface area contributed by atoms with Crippen LogP contribution in [0.15, 0.2) is 53.6 Å². The van der Waals surface area contributed by atoms with Crippen molar-refractivity contribution in [3.8, 4) is 5.75 Å². The molecule has 0 saturated carbocycles. The molecule has 2 aromatic carbocycles. The maximum Gasteiger partial charge on any atom is 0.354 e. The lowest BCUT2D eigenvalue weighted by molar-refractivity contribution is -0.135. The van der Waals surface area contributed by atoms with Crippen LogP contribution in [0, 0.1) is 0 Å². The smallest absolute Gasteiger partial charge is 0.354 e. The van der Waals surface area contributed by atoms with E-state index in [9.17, 15) is 14.4 Å². The van der Waals surface area contributed by atoms with Crippen LogP contribution in [0.1, 0.15) is 23.7 Å². The summed E-state index contributed by atoms with van der Waals surface area (Å²) in [6.45, 7) is 1.90. The second kappa shape index (κ2) is 9.75. The first-order valence-corrected chi connectivity index (χ1v) is 9.64. The fourth-order valence-corrected chi connectivity index (χ4v) is 3.13. The molecule has 3 rings (SSSR count). The number of ether oxygens (including phenoxy) is 3. The van der Waals surface area contributed by atoms with Gasteiger partial charge in [-0.05, 0) is 37.3 Å². The average Bonchev–Trinajstić information content (AvgIpc) is 3.25. The zero-order chi connectivity index (χ0) is 22.4. The number of amides is 1. The molecule has 1 unspecified atom stereocenters. The Hall–Kier alpha value is -3.88. The molecule has 0 saturated heterocycles. The quantitative estimate of drug-likeness (QED) is 0.680. The van der Waals surface area contributed by atoms with Crippen LogP contribution in [0.3, 0.4) is 0 Å². The van der Waals surface area contributed by atoms with E-state index in [1.807, 2.05) is 6.07 Å². The monoisotopic (exact) mass is 425 g/mol. The van der Waals surface area contributed by atoms with E-state index in [-0.39, 0.29) is 30.0 Å². The van der Waals surface area contributed by atoms with Crippen molar-refractivity contribution in [2.75, 3.05) is 31.2 Å². The second-order valence-corrected chi connectivity index (χ2v) is 6.56. The Bertz CT molecular complexity index is 1010. The van der Waals surface area contributed by atoms with Gasteiger partial charge in [-0.15, -0.1) is 0 Å². The average molecular weight is 425 g/mol. The highest BCUT2D eigenvalue weighted by Gasteiger charge is 2.37. The van der Waals surface area contributed by atoms with Gasteiger partial charge in [-0.3, -0.25) is 9.80 Å². The maximum atomic E-state index is 13.2. The van der Waals surface area contributed by atoms with E-state index in [0.29, 0.717) is 11.4 Å². The van der Waals surface area contributed by atoms with Gasteiger partial charge in [-0.25, -0.2) is 9.59 Å². The van der Waals surface area contributed by atoms with Crippen LogP contribution in [-0.4, -0.2) is 50.4 Å². The van der Waals surface area contributed by atoms with E-state index < -0.39 is 23.9 Å². The van der Waals surface area contributed by atoms with Crippen molar-refractivity contribution in [3.63, 3.8) is 0 Å². The number of carbonyl (C=O) groups excluding carboxylic acids is 3. The number of rotatable bonds is 7. The molecule has 0 aliphatic carbocycles. The summed E-state index contributed by atoms with van der Waals surface area (Å²) in [6.07, 6.45) is 0.0588. The van der Waals surface area contributed by atoms with Gasteiger partial charge in [0.15, 0.2) is 0 Å². The first-order chi connectivity index (χ1) is 15.0. The third kappa shape index (κ3) is 4.82. The Morgan fingerprint density at radius 1 is 1.10 bits per heavy atom. The SMILES string of the molecule is CCOC(=O)C1=NN(c2ccccc2)C(C(=O)Nc2ccc(OC)cc2C(=O)OC)C1. The Labute approximate surface area is 179 Å². The number of methoxy groups -OCH3 is 2. The van der Waals surface area contributed by atoms with E-state index in [2.05, 4.69) is 10.4 Å². The van der Waals surface area contributed by atoms with Gasteiger partial charge in [-0.2, -0.15) is 5.10 Å². The van der Waals surface area contributed by atoms with Crippen LogP contribution >= 0.6 is 0 Å². The van der Waals surface area contributed by atoms with Crippen LogP contribution in [0.4, 0.5) is 11.4 Å². The minimum absolute atomic E-state index is 0.0588. The predicted octanol–water partition coefficient (Wildman–Crippen LogP) is 2.62. The standard InChI is InChI=1S/C22H23N3O6/c1-4-31-22(28)18-13-19(25(24-18)14-8-6-5-7-9-14)20(26)23-17-11-10-15(29-2)12-16(17)21(27)30-3/h5-12,19H,4,13H2,1-3H3,(H,23,26). The summed E-state index contributed by atoms with van der Waals surface area (Å²) in [6, 6.07) is 12.9. The fourth-order valence-electron chi connectivity index (χ4n) is 3.13. The number of hydrogen-bond acceptors (Lipinski definition) is 8. The number of carbonyl (C=O) groups is 3. The molecule has 1 aliphatic rings. The number of nitrogens with zero attached hydrogens (tertiary/aromatic N) is 2. The minimum Gasteiger partial charge on any atom is -0.497 e. The van der Waals surface area contributed by atoms with Gasteiger partial charge in [0.05, 0.1) is 37.8 Å². The lowest BCUT2D eigenvalue weighted by Gasteiger charge is -2.23. The molecule has 1 heterocycles. The second-order valence-electron chi connectivity index (χ2n) is 6.56. The van der Waals surface area contributed by atoms with Crippen LogP contribution in [0.2, 0.25) is 0 Å². The third-order valence-corrected chi connectivity index (χ3v) is 4.63. The van der Waals surface area contributed by atoms with E-state index in [1.165, 1.54) is 25.3 Å². The fraction of sp³-hybridized carbons (Fsp3) is 0.273. The van der Waals surface area contributed by atoms with Gasteiger partial charge in [0.2, 0.25) is 5.91 Å². The van der Waals surface area contributed by atoms with Crippen LogP contribution in [0.5, 0.6) is 5.75 Å². The molecule has 0 spiro atoms. The molecule has 0 radical (unpaired) electrons. The first kappa shape index (κ1) is 21.8. The van der Waals surface area contributed by atoms with Gasteiger partial charge in [-0.1, -0.05) is 18.2 Å². The minimum atomic E-state index is -0.811. The van der Waals surface area contributed by atoms with Crippen LogP contribution < -0.4 is 15.1 Å². The molecule has 1 N–H and O–H groups in total. The Balaban J connectivity index is 1.89. The Morgan fingerprint density at radius 2 is 1.84 bits per heavy atom. The molecular formula is C22H23N3O6. The highest BCUT2D eigenvalue weighted by atomic mass is 16.5. The summed E-state index contributed by atoms with van der Waals surface area (Å²) in [5.74, 6) is -1.19. The molecular weight excluding hydrogens is 402 g/mol. The van der Waals surface area contributed by atoms with E-state index in [1.54, 1.807) is 43.3 Å². The number of para-hydroxylation sites is 1. The van der Waals surface area contributed by atoms with Gasteiger partial charge in [0.25, 0.3) is 0 Å². The summed E-state index contributed by atoms with van der Waals surface area (Å²) in [5, 5.41) is 8.55. The molecule has 1 aliphatic heterocycles. The van der Waals surface area contributed by atoms with Crippen molar-refractivity contribution in [1.29, 1.82) is 0 Å². The Kier molecular flexibility index (Phi) is 6.86. The number of nitrogens with one attached hydrogen (secondary N) is 1. The molecule has 0 fully saturated rings. The van der Waals surface area contributed by atoms with Crippen molar-refractivity contribution in [2.24, 2.45) is 5.10 Å². The number of benzene rings is 2. The number of esters is 2. The van der Waals surface area contributed by atoms with Gasteiger partial charge < -0.3 is 19.5 Å². The van der Waals surface area contributed by atoms with Gasteiger partial charge >= 0.3 is 11.9 Å². The lowest BCUT2D eigenvalue weighted by atomic mass is 10.1. The predicted molar refractivity (Wildman–Crippen MR) is 114 cm³/mol. The highest BCUT2D eigenvalue weighted by molar-refractivity contribution is 6.38. The normalized spacial score (nSPS) is 15.1. The largest absolute Gasteiger partial charge is 0.497 e. The maximum absolute atomic E-state index is 13.2. The summed E-state index contributed by atoms with van der Waals surface area (Å²) < 4.78 is 15.0. The van der Waals surface area contributed by atoms with E-state index >= 15 is 0 Å². The van der Waals surface area contributed by atoms with Crippen molar-refractivity contribution >= 4 is 34.9 Å². The zero-order valence-corrected chi connectivity index (χ0v) is 17.5. The molecule has 9 nitrogen and oxygen atoms in total. The van der Waals surface area contributed by atoms with Crippen molar-refractivity contribution < 1.29 is 28.6 Å². The van der Waals surface area contributed by atoms with Crippen molar-refractivity contribution in [2.45, 2.75) is 19.4 Å². The van der Waals surface area contributed by atoms with Crippen LogP contribution in [-0.2, 0) is 19.1 Å². The lowest BCUT2D eigenvalue weighted by Crippen LogP contribution is -2.39. The van der Waals surface area contributed by atoms with Crippen LogP contribution in [0.25, 0.3) is 0 Å². The highest BCUT2D eigenvalue weighted by Crippen LogP contribution is 2.28. The van der Waals surface area contributed by atoms with Crippen molar-refractivity contribution in [1.82, 2.24) is 0 Å². The molecule has 9 heteroatoms. The molecule has 1 atom stereocenters. The number of hydrogen-bond donors (Lipinski definition) is 1. The third-order valence-electron chi connectivity index (χ3n) is 4.63. The molecule has 162 valence electrons.